The standard InChI is InChI=1S/C26H21ClN4O2/c1-16-11-22(27)7-8-23(16)33-25-24-20(9-10-28-25)15-31(26(24)32)14-18-3-5-19(6-4-18)21-12-17(2)30-29-13-21/h3-13H,14-15H2,1-2H3. The number of amides is 1. The third kappa shape index (κ3) is 4.30. The van der Waals surface area contributed by atoms with E-state index in [-0.39, 0.29) is 5.91 Å². The number of nitrogens with zero attached hydrogens (tertiary/aromatic N) is 4. The Kier molecular flexibility index (Phi) is 5.52. The van der Waals surface area contributed by atoms with Crippen molar-refractivity contribution in [1.29, 1.82) is 0 Å². The van der Waals surface area contributed by atoms with E-state index in [1.165, 1.54) is 0 Å². The molecule has 0 saturated heterocycles. The van der Waals surface area contributed by atoms with E-state index in [1.54, 1.807) is 29.4 Å². The van der Waals surface area contributed by atoms with Gasteiger partial charge in [0, 0.05) is 29.9 Å². The predicted octanol–water partition coefficient (Wildman–Crippen LogP) is 5.76. The van der Waals surface area contributed by atoms with Crippen LogP contribution in [0, 0.1) is 13.8 Å². The lowest BCUT2D eigenvalue weighted by Gasteiger charge is -2.16. The van der Waals surface area contributed by atoms with E-state index in [1.807, 2.05) is 56.3 Å². The highest BCUT2D eigenvalue weighted by atomic mass is 35.5. The number of carbonyl (C=O) groups excluding carboxylic acids is 1. The highest BCUT2D eigenvalue weighted by Crippen LogP contribution is 2.34. The van der Waals surface area contributed by atoms with Gasteiger partial charge in [0.05, 0.1) is 11.9 Å². The molecule has 1 amide bonds. The Morgan fingerprint density at radius 2 is 1.85 bits per heavy atom. The number of hydrogen-bond donors (Lipinski definition) is 0. The molecule has 0 aliphatic carbocycles. The Morgan fingerprint density at radius 3 is 2.61 bits per heavy atom. The van der Waals surface area contributed by atoms with Crippen LogP contribution in [0.15, 0.2) is 67.0 Å². The van der Waals surface area contributed by atoms with Crippen LogP contribution in [-0.2, 0) is 13.1 Å². The Bertz CT molecular complexity index is 1360. The van der Waals surface area contributed by atoms with Crippen LogP contribution < -0.4 is 4.74 Å². The van der Waals surface area contributed by atoms with Crippen molar-refractivity contribution in [2.24, 2.45) is 0 Å². The quantitative estimate of drug-likeness (QED) is 0.382. The van der Waals surface area contributed by atoms with Crippen LogP contribution in [0.5, 0.6) is 11.6 Å². The van der Waals surface area contributed by atoms with E-state index in [0.717, 1.165) is 33.5 Å². The second-order valence-corrected chi connectivity index (χ2v) is 8.54. The average Bonchev–Trinajstić information content (AvgIpc) is 3.12. The fourth-order valence-electron chi connectivity index (χ4n) is 3.97. The first-order valence-electron chi connectivity index (χ1n) is 10.6. The highest BCUT2D eigenvalue weighted by molar-refractivity contribution is 6.30. The van der Waals surface area contributed by atoms with Gasteiger partial charge in [0.15, 0.2) is 0 Å². The van der Waals surface area contributed by atoms with Crippen LogP contribution in [-0.4, -0.2) is 26.0 Å². The summed E-state index contributed by atoms with van der Waals surface area (Å²) in [6, 6.07) is 17.4. The van der Waals surface area contributed by atoms with Gasteiger partial charge in [0.1, 0.15) is 11.3 Å². The van der Waals surface area contributed by atoms with Crippen molar-refractivity contribution in [3.63, 3.8) is 0 Å². The van der Waals surface area contributed by atoms with Crippen LogP contribution in [0.2, 0.25) is 5.02 Å². The van der Waals surface area contributed by atoms with Crippen LogP contribution in [0.3, 0.4) is 0 Å². The average molecular weight is 457 g/mol. The first kappa shape index (κ1) is 21.1. The molecule has 0 spiro atoms. The van der Waals surface area contributed by atoms with Crippen LogP contribution in [0.1, 0.15) is 32.7 Å². The Hall–Kier alpha value is -3.77. The van der Waals surface area contributed by atoms with Gasteiger partial charge in [-0.05, 0) is 66.4 Å². The van der Waals surface area contributed by atoms with Crippen molar-refractivity contribution in [2.75, 3.05) is 0 Å². The summed E-state index contributed by atoms with van der Waals surface area (Å²) in [5.74, 6) is 0.863. The first-order chi connectivity index (χ1) is 16.0. The summed E-state index contributed by atoms with van der Waals surface area (Å²) < 4.78 is 6.02. The maximum absolute atomic E-state index is 13.2. The van der Waals surface area contributed by atoms with Crippen molar-refractivity contribution in [3.05, 3.63) is 100.0 Å². The molecule has 33 heavy (non-hydrogen) atoms. The van der Waals surface area contributed by atoms with Gasteiger partial charge >= 0.3 is 0 Å². The Balaban J connectivity index is 1.35. The van der Waals surface area contributed by atoms with Crippen molar-refractivity contribution in [2.45, 2.75) is 26.9 Å². The fourth-order valence-corrected chi connectivity index (χ4v) is 4.19. The molecule has 4 aromatic rings. The van der Waals surface area contributed by atoms with Crippen LogP contribution >= 0.6 is 11.6 Å². The number of aromatic nitrogens is 3. The molecule has 164 valence electrons. The molecule has 1 aliphatic rings. The van der Waals surface area contributed by atoms with Gasteiger partial charge in [-0.25, -0.2) is 4.98 Å². The van der Waals surface area contributed by atoms with Gasteiger partial charge in [-0.2, -0.15) is 10.2 Å². The largest absolute Gasteiger partial charge is 0.438 e. The number of ether oxygens (including phenoxy) is 1. The summed E-state index contributed by atoms with van der Waals surface area (Å²) in [6.07, 6.45) is 3.43. The molecular weight excluding hydrogens is 436 g/mol. The minimum Gasteiger partial charge on any atom is -0.438 e. The van der Waals surface area contributed by atoms with Gasteiger partial charge in [-0.15, -0.1) is 0 Å². The first-order valence-corrected chi connectivity index (χ1v) is 11.0. The highest BCUT2D eigenvalue weighted by Gasteiger charge is 2.32. The molecule has 0 radical (unpaired) electrons. The molecule has 2 aromatic heterocycles. The number of fused-ring (bicyclic) bond motifs is 1. The predicted molar refractivity (Wildman–Crippen MR) is 126 cm³/mol. The summed E-state index contributed by atoms with van der Waals surface area (Å²) in [5, 5.41) is 8.66. The van der Waals surface area contributed by atoms with Crippen LogP contribution in [0.25, 0.3) is 11.1 Å². The maximum Gasteiger partial charge on any atom is 0.260 e. The van der Waals surface area contributed by atoms with E-state index < -0.39 is 0 Å². The number of rotatable bonds is 5. The minimum absolute atomic E-state index is 0.0854. The van der Waals surface area contributed by atoms with E-state index >= 15 is 0 Å². The molecule has 1 aliphatic heterocycles. The fraction of sp³-hybridized carbons (Fsp3) is 0.154. The summed E-state index contributed by atoms with van der Waals surface area (Å²) in [7, 11) is 0. The molecule has 0 fully saturated rings. The zero-order valence-electron chi connectivity index (χ0n) is 18.2. The number of halogens is 1. The third-order valence-electron chi connectivity index (χ3n) is 5.65. The van der Waals surface area contributed by atoms with Gasteiger partial charge in [-0.1, -0.05) is 35.9 Å². The van der Waals surface area contributed by atoms with Crippen molar-refractivity contribution in [1.82, 2.24) is 20.1 Å². The SMILES string of the molecule is Cc1cc(-c2ccc(CN3Cc4ccnc(Oc5ccc(Cl)cc5C)c4C3=O)cc2)cnn1. The topological polar surface area (TPSA) is 68.2 Å². The number of pyridine rings is 1. The zero-order chi connectivity index (χ0) is 22.9. The lowest BCUT2D eigenvalue weighted by molar-refractivity contribution is 0.0764. The van der Waals surface area contributed by atoms with Gasteiger partial charge in [-0.3, -0.25) is 4.79 Å². The molecule has 0 atom stereocenters. The summed E-state index contributed by atoms with van der Waals surface area (Å²) in [5.41, 5.74) is 6.30. The van der Waals surface area contributed by atoms with E-state index in [9.17, 15) is 4.79 Å². The zero-order valence-corrected chi connectivity index (χ0v) is 19.0. The molecule has 0 saturated carbocycles. The lowest BCUT2D eigenvalue weighted by Crippen LogP contribution is -2.23. The van der Waals surface area contributed by atoms with E-state index in [2.05, 4.69) is 15.2 Å². The van der Waals surface area contributed by atoms with E-state index in [4.69, 9.17) is 16.3 Å². The second-order valence-electron chi connectivity index (χ2n) is 8.11. The van der Waals surface area contributed by atoms with Crippen molar-refractivity contribution in [3.8, 4) is 22.8 Å². The Morgan fingerprint density at radius 1 is 1.03 bits per heavy atom. The second kappa shape index (κ2) is 8.64. The number of aryl methyl sites for hydroxylation is 2. The van der Waals surface area contributed by atoms with Gasteiger partial charge in [0.25, 0.3) is 5.91 Å². The molecular formula is C26H21ClN4O2. The summed E-state index contributed by atoms with van der Waals surface area (Å²) in [6.45, 7) is 4.84. The molecule has 7 heteroatoms. The molecule has 0 N–H and O–H groups in total. The third-order valence-corrected chi connectivity index (χ3v) is 5.88. The van der Waals surface area contributed by atoms with Crippen molar-refractivity contribution < 1.29 is 9.53 Å². The summed E-state index contributed by atoms with van der Waals surface area (Å²) >= 11 is 6.05. The molecule has 0 bridgehead atoms. The normalized spacial score (nSPS) is 12.7. The van der Waals surface area contributed by atoms with Crippen LogP contribution in [0.4, 0.5) is 0 Å². The maximum atomic E-state index is 13.2. The number of benzene rings is 2. The smallest absolute Gasteiger partial charge is 0.260 e. The monoisotopic (exact) mass is 456 g/mol. The molecule has 2 aromatic carbocycles. The number of carbonyl (C=O) groups is 1. The lowest BCUT2D eigenvalue weighted by atomic mass is 10.1. The molecule has 6 nitrogen and oxygen atoms in total. The molecule has 0 unspecified atom stereocenters. The van der Waals surface area contributed by atoms with E-state index in [0.29, 0.717) is 35.3 Å². The van der Waals surface area contributed by atoms with Gasteiger partial charge < -0.3 is 9.64 Å². The number of hydrogen-bond acceptors (Lipinski definition) is 5. The summed E-state index contributed by atoms with van der Waals surface area (Å²) in [4.78, 5) is 19.4. The van der Waals surface area contributed by atoms with Crippen molar-refractivity contribution >= 4 is 17.5 Å². The Labute approximate surface area is 196 Å². The minimum atomic E-state index is -0.0854. The van der Waals surface area contributed by atoms with Gasteiger partial charge in [0.2, 0.25) is 5.88 Å². The molecule has 3 heterocycles. The molecule has 5 rings (SSSR count).